The normalized spacial score (nSPS) is 17.7. The number of amides is 1. The van der Waals surface area contributed by atoms with Crippen LogP contribution in [0, 0.1) is 0 Å². The van der Waals surface area contributed by atoms with E-state index in [2.05, 4.69) is 0 Å². The van der Waals surface area contributed by atoms with Crippen LogP contribution in [0.2, 0.25) is 0 Å². The molecule has 0 aromatic heterocycles. The van der Waals surface area contributed by atoms with E-state index in [0.29, 0.717) is 13.0 Å². The van der Waals surface area contributed by atoms with Gasteiger partial charge >= 0.3 is 5.97 Å². The third-order valence-electron chi connectivity index (χ3n) is 3.88. The summed E-state index contributed by atoms with van der Waals surface area (Å²) in [6.45, 7) is 2.58. The summed E-state index contributed by atoms with van der Waals surface area (Å²) in [5.41, 5.74) is 0. The quantitative estimate of drug-likeness (QED) is 0.578. The zero-order valence-corrected chi connectivity index (χ0v) is 15.1. The Morgan fingerprint density at radius 2 is 1.96 bits per heavy atom. The highest BCUT2D eigenvalue weighted by molar-refractivity contribution is 7.86. The molecule has 134 valence electrons. The van der Waals surface area contributed by atoms with Crippen molar-refractivity contribution < 1.29 is 22.7 Å². The molecule has 1 saturated heterocycles. The highest BCUT2D eigenvalue weighted by Crippen LogP contribution is 2.15. The van der Waals surface area contributed by atoms with Gasteiger partial charge in [0, 0.05) is 46.7 Å². The number of esters is 1. The van der Waals surface area contributed by atoms with Crippen molar-refractivity contribution in [1.82, 2.24) is 13.5 Å². The van der Waals surface area contributed by atoms with Crippen LogP contribution < -0.4 is 0 Å². The number of likely N-dealkylation sites (tertiary alicyclic amines) is 1. The number of ether oxygens (including phenoxy) is 1. The molecule has 1 amide bonds. The molecule has 0 radical (unpaired) electrons. The number of hydrogen-bond donors (Lipinski definition) is 0. The van der Waals surface area contributed by atoms with Crippen LogP contribution in [-0.4, -0.2) is 80.7 Å². The molecule has 1 aliphatic rings. The first-order chi connectivity index (χ1) is 10.7. The maximum atomic E-state index is 11.8. The fourth-order valence-corrected chi connectivity index (χ4v) is 3.25. The summed E-state index contributed by atoms with van der Waals surface area (Å²) in [4.78, 5) is 25.3. The summed E-state index contributed by atoms with van der Waals surface area (Å²) < 4.78 is 30.9. The second kappa shape index (κ2) is 8.60. The van der Waals surface area contributed by atoms with Gasteiger partial charge in [-0.15, -0.1) is 0 Å². The maximum absolute atomic E-state index is 11.8. The lowest BCUT2D eigenvalue weighted by Gasteiger charge is -2.32. The van der Waals surface area contributed by atoms with Crippen LogP contribution in [0.1, 0.15) is 32.6 Å². The Balaban J connectivity index is 2.35. The van der Waals surface area contributed by atoms with E-state index in [0.717, 1.165) is 21.5 Å². The van der Waals surface area contributed by atoms with Gasteiger partial charge in [-0.05, 0) is 19.8 Å². The summed E-state index contributed by atoms with van der Waals surface area (Å²) in [5.74, 6) is -0.347. The van der Waals surface area contributed by atoms with Gasteiger partial charge in [-0.2, -0.15) is 17.0 Å². The molecule has 0 unspecified atom stereocenters. The molecular formula is C14H27N3O5S. The minimum Gasteiger partial charge on any atom is -0.464 e. The number of carbonyl (C=O) groups excluding carboxylic acids is 2. The Morgan fingerprint density at radius 1 is 1.30 bits per heavy atom. The number of carbonyl (C=O) groups is 2. The van der Waals surface area contributed by atoms with Crippen LogP contribution in [0.25, 0.3) is 0 Å². The zero-order valence-electron chi connectivity index (χ0n) is 14.3. The fraction of sp³-hybridized carbons (Fsp3) is 0.857. The van der Waals surface area contributed by atoms with E-state index in [1.807, 2.05) is 6.92 Å². The van der Waals surface area contributed by atoms with Crippen LogP contribution in [0.5, 0.6) is 0 Å². The molecule has 9 heteroatoms. The lowest BCUT2D eigenvalue weighted by molar-refractivity contribution is -0.146. The summed E-state index contributed by atoms with van der Waals surface area (Å²) in [7, 11) is 0.808. The Kier molecular flexibility index (Phi) is 7.43. The van der Waals surface area contributed by atoms with Gasteiger partial charge in [0.05, 0.1) is 6.42 Å². The Bertz CT molecular complexity index is 521. The van der Waals surface area contributed by atoms with Crippen molar-refractivity contribution in [2.24, 2.45) is 0 Å². The van der Waals surface area contributed by atoms with E-state index in [1.54, 1.807) is 4.90 Å². The number of rotatable bonds is 8. The predicted molar refractivity (Wildman–Crippen MR) is 85.8 cm³/mol. The van der Waals surface area contributed by atoms with Crippen molar-refractivity contribution in [2.75, 3.05) is 40.8 Å². The van der Waals surface area contributed by atoms with Gasteiger partial charge in [0.1, 0.15) is 6.61 Å². The first-order valence-corrected chi connectivity index (χ1v) is 9.15. The first kappa shape index (κ1) is 19.9. The van der Waals surface area contributed by atoms with Crippen LogP contribution in [-0.2, 0) is 24.5 Å². The van der Waals surface area contributed by atoms with Crippen LogP contribution in [0.3, 0.4) is 0 Å². The number of hydrogen-bond acceptors (Lipinski definition) is 5. The van der Waals surface area contributed by atoms with Gasteiger partial charge in [0.15, 0.2) is 0 Å². The summed E-state index contributed by atoms with van der Waals surface area (Å²) in [5, 5.41) is 0. The molecule has 0 aromatic rings. The van der Waals surface area contributed by atoms with Crippen LogP contribution >= 0.6 is 0 Å². The molecule has 0 bridgehead atoms. The van der Waals surface area contributed by atoms with E-state index < -0.39 is 16.2 Å². The molecule has 1 atom stereocenters. The second-order valence-corrected chi connectivity index (χ2v) is 8.18. The topological polar surface area (TPSA) is 87.2 Å². The summed E-state index contributed by atoms with van der Waals surface area (Å²) >= 11 is 0. The lowest BCUT2D eigenvalue weighted by Crippen LogP contribution is -2.43. The van der Waals surface area contributed by atoms with E-state index in [4.69, 9.17) is 4.74 Å². The van der Waals surface area contributed by atoms with Gasteiger partial charge in [-0.1, -0.05) is 0 Å². The second-order valence-electron chi connectivity index (χ2n) is 5.93. The van der Waals surface area contributed by atoms with Gasteiger partial charge in [-0.25, -0.2) is 0 Å². The monoisotopic (exact) mass is 349 g/mol. The minimum atomic E-state index is -3.50. The highest BCUT2D eigenvalue weighted by Gasteiger charge is 2.25. The van der Waals surface area contributed by atoms with Crippen molar-refractivity contribution in [1.29, 1.82) is 0 Å². The smallest absolute Gasteiger partial charge is 0.307 e. The molecule has 8 nitrogen and oxygen atoms in total. The molecule has 23 heavy (non-hydrogen) atoms. The van der Waals surface area contributed by atoms with Crippen molar-refractivity contribution in [3.8, 4) is 0 Å². The Labute approximate surface area is 138 Å². The van der Waals surface area contributed by atoms with Gasteiger partial charge < -0.3 is 9.64 Å². The molecule has 0 aliphatic carbocycles. The van der Waals surface area contributed by atoms with Crippen molar-refractivity contribution in [3.63, 3.8) is 0 Å². The molecular weight excluding hydrogens is 322 g/mol. The number of nitrogens with zero attached hydrogens (tertiary/aromatic N) is 3. The summed E-state index contributed by atoms with van der Waals surface area (Å²) in [6.07, 6.45) is 2.51. The average molecular weight is 349 g/mol. The third kappa shape index (κ3) is 5.74. The third-order valence-corrected chi connectivity index (χ3v) is 5.77. The standard InChI is InChI=1S/C14H27N3O5S/c1-12(17-8-6-5-7-13(17)18)11-14(19)22-10-9-16(4)23(20,21)15(2)3/h12H,5-11H2,1-4H3/t12-/m1/s1. The minimum absolute atomic E-state index is 0.0108. The largest absolute Gasteiger partial charge is 0.464 e. The Morgan fingerprint density at radius 3 is 2.52 bits per heavy atom. The maximum Gasteiger partial charge on any atom is 0.307 e. The van der Waals surface area contributed by atoms with Crippen molar-refractivity contribution in [3.05, 3.63) is 0 Å². The zero-order chi connectivity index (χ0) is 17.6. The first-order valence-electron chi connectivity index (χ1n) is 7.75. The average Bonchev–Trinajstić information content (AvgIpc) is 2.47. The van der Waals surface area contributed by atoms with Crippen LogP contribution in [0.15, 0.2) is 0 Å². The van der Waals surface area contributed by atoms with Crippen molar-refractivity contribution in [2.45, 2.75) is 38.6 Å². The molecule has 0 N–H and O–H groups in total. The molecule has 1 aliphatic heterocycles. The molecule has 1 fully saturated rings. The van der Waals surface area contributed by atoms with E-state index in [-0.39, 0.29) is 31.5 Å². The molecule has 0 aromatic carbocycles. The van der Waals surface area contributed by atoms with Gasteiger partial charge in [0.2, 0.25) is 5.91 Å². The van der Waals surface area contributed by atoms with Gasteiger partial charge in [0.25, 0.3) is 10.2 Å². The van der Waals surface area contributed by atoms with Gasteiger partial charge in [-0.3, -0.25) is 9.59 Å². The summed E-state index contributed by atoms with van der Waals surface area (Å²) in [6, 6.07) is -0.196. The lowest BCUT2D eigenvalue weighted by atomic mass is 10.1. The predicted octanol–water partition coefficient (Wildman–Crippen LogP) is 0.0589. The SMILES string of the molecule is C[C@H](CC(=O)OCCN(C)S(=O)(=O)N(C)C)N1CCCCC1=O. The molecule has 1 rings (SSSR count). The van der Waals surface area contributed by atoms with E-state index in [9.17, 15) is 18.0 Å². The van der Waals surface area contributed by atoms with Crippen molar-refractivity contribution >= 4 is 22.1 Å². The molecule has 1 heterocycles. The van der Waals surface area contributed by atoms with E-state index >= 15 is 0 Å². The highest BCUT2D eigenvalue weighted by atomic mass is 32.2. The van der Waals surface area contributed by atoms with E-state index in [1.165, 1.54) is 21.1 Å². The van der Waals surface area contributed by atoms with Crippen LogP contribution in [0.4, 0.5) is 0 Å². The Hall–Kier alpha value is -1.19. The number of likely N-dealkylation sites (N-methyl/N-ethyl adjacent to an activating group) is 1. The molecule has 0 saturated carbocycles. The fourth-order valence-electron chi connectivity index (χ4n) is 2.39. The molecule has 0 spiro atoms. The number of piperidine rings is 1.